The van der Waals surface area contributed by atoms with E-state index in [0.29, 0.717) is 18.1 Å². The number of halogens is 2. The Morgan fingerprint density at radius 1 is 1.58 bits per heavy atom. The monoisotopic (exact) mass is 288 g/mol. The van der Waals surface area contributed by atoms with Gasteiger partial charge in [-0.1, -0.05) is 0 Å². The van der Waals surface area contributed by atoms with Crippen molar-refractivity contribution in [2.45, 2.75) is 12.8 Å². The molecule has 1 fully saturated rings. The summed E-state index contributed by atoms with van der Waals surface area (Å²) in [4.78, 5) is 11.8. The molecule has 1 heterocycles. The first kappa shape index (κ1) is 15.7. The molecule has 1 aliphatic rings. The molecule has 1 unspecified atom stereocenters. The number of carbonyl (C=O) groups is 1. The number of hydrogen-bond acceptors (Lipinski definition) is 3. The lowest BCUT2D eigenvalue weighted by Crippen LogP contribution is -2.18. The summed E-state index contributed by atoms with van der Waals surface area (Å²) in [5, 5.41) is 5.79. The summed E-state index contributed by atoms with van der Waals surface area (Å²) < 4.78 is 18.5. The molecule has 0 bridgehead atoms. The Balaban J connectivity index is 0.00000180. The quantitative estimate of drug-likeness (QED) is 0.893. The third-order valence-corrected chi connectivity index (χ3v) is 3.08. The first-order chi connectivity index (χ1) is 8.69. The molecule has 0 aliphatic carbocycles. The van der Waals surface area contributed by atoms with Crippen molar-refractivity contribution in [2.75, 3.05) is 25.5 Å². The van der Waals surface area contributed by atoms with Gasteiger partial charge in [0.05, 0.1) is 12.8 Å². The van der Waals surface area contributed by atoms with E-state index < -0.39 is 5.82 Å². The minimum Gasteiger partial charge on any atom is -0.497 e. The third kappa shape index (κ3) is 4.36. The molecule has 0 spiro atoms. The van der Waals surface area contributed by atoms with Gasteiger partial charge in [0.25, 0.3) is 0 Å². The summed E-state index contributed by atoms with van der Waals surface area (Å²) in [6.45, 7) is 1.81. The molecular formula is C13H18ClFN2O2. The van der Waals surface area contributed by atoms with Crippen LogP contribution in [-0.2, 0) is 4.79 Å². The molecule has 1 aromatic carbocycles. The van der Waals surface area contributed by atoms with Crippen molar-refractivity contribution in [3.63, 3.8) is 0 Å². The lowest BCUT2D eigenvalue weighted by atomic mass is 10.0. The zero-order valence-electron chi connectivity index (χ0n) is 10.7. The van der Waals surface area contributed by atoms with Crippen LogP contribution in [0, 0.1) is 11.7 Å². The lowest BCUT2D eigenvalue weighted by molar-refractivity contribution is -0.117. The Morgan fingerprint density at radius 3 is 3.00 bits per heavy atom. The molecule has 6 heteroatoms. The first-order valence-corrected chi connectivity index (χ1v) is 6.03. The highest BCUT2D eigenvalue weighted by Crippen LogP contribution is 2.22. The first-order valence-electron chi connectivity index (χ1n) is 6.03. The van der Waals surface area contributed by atoms with Crippen molar-refractivity contribution in [1.82, 2.24) is 5.32 Å². The minimum absolute atomic E-state index is 0. The second-order valence-corrected chi connectivity index (χ2v) is 4.46. The maximum atomic E-state index is 13.5. The number of methoxy groups -OCH3 is 1. The maximum absolute atomic E-state index is 13.5. The molecular weight excluding hydrogens is 271 g/mol. The van der Waals surface area contributed by atoms with E-state index in [-0.39, 0.29) is 24.0 Å². The Bertz CT molecular complexity index is 437. The van der Waals surface area contributed by atoms with Gasteiger partial charge >= 0.3 is 0 Å². The molecule has 0 radical (unpaired) electrons. The zero-order valence-corrected chi connectivity index (χ0v) is 11.6. The average Bonchev–Trinajstić information content (AvgIpc) is 2.84. The van der Waals surface area contributed by atoms with Crippen LogP contribution in [0.3, 0.4) is 0 Å². The molecule has 19 heavy (non-hydrogen) atoms. The van der Waals surface area contributed by atoms with Gasteiger partial charge in [-0.2, -0.15) is 0 Å². The van der Waals surface area contributed by atoms with Crippen LogP contribution in [0.1, 0.15) is 12.8 Å². The second kappa shape index (κ2) is 7.31. The predicted molar refractivity (Wildman–Crippen MR) is 74.4 cm³/mol. The van der Waals surface area contributed by atoms with Gasteiger partial charge in [0.1, 0.15) is 11.6 Å². The van der Waals surface area contributed by atoms with Gasteiger partial charge in [0, 0.05) is 12.5 Å². The van der Waals surface area contributed by atoms with Crippen LogP contribution < -0.4 is 15.4 Å². The molecule has 4 nitrogen and oxygen atoms in total. The van der Waals surface area contributed by atoms with Gasteiger partial charge < -0.3 is 15.4 Å². The molecule has 1 amide bonds. The van der Waals surface area contributed by atoms with Crippen LogP contribution >= 0.6 is 12.4 Å². The number of amides is 1. The van der Waals surface area contributed by atoms with Crippen molar-refractivity contribution in [3.8, 4) is 5.75 Å². The number of benzene rings is 1. The van der Waals surface area contributed by atoms with Gasteiger partial charge in [-0.25, -0.2) is 4.39 Å². The van der Waals surface area contributed by atoms with Crippen molar-refractivity contribution in [2.24, 2.45) is 5.92 Å². The molecule has 2 N–H and O–H groups in total. The number of anilines is 1. The van der Waals surface area contributed by atoms with E-state index in [0.717, 1.165) is 19.5 Å². The summed E-state index contributed by atoms with van der Waals surface area (Å²) in [5.41, 5.74) is 0.172. The fourth-order valence-electron chi connectivity index (χ4n) is 2.08. The van der Waals surface area contributed by atoms with E-state index in [9.17, 15) is 9.18 Å². The van der Waals surface area contributed by atoms with Gasteiger partial charge in [-0.15, -0.1) is 12.4 Å². The largest absolute Gasteiger partial charge is 0.497 e. The average molecular weight is 289 g/mol. The summed E-state index contributed by atoms with van der Waals surface area (Å²) in [5.74, 6) is 0.262. The summed E-state index contributed by atoms with van der Waals surface area (Å²) in [6, 6.07) is 4.29. The molecule has 1 atom stereocenters. The molecule has 1 saturated heterocycles. The van der Waals surface area contributed by atoms with Crippen molar-refractivity contribution in [1.29, 1.82) is 0 Å². The third-order valence-electron chi connectivity index (χ3n) is 3.08. The van der Waals surface area contributed by atoms with E-state index in [4.69, 9.17) is 4.74 Å². The molecule has 0 aromatic heterocycles. The van der Waals surface area contributed by atoms with Gasteiger partial charge in [-0.05, 0) is 37.6 Å². The van der Waals surface area contributed by atoms with E-state index in [2.05, 4.69) is 10.6 Å². The van der Waals surface area contributed by atoms with E-state index in [1.807, 2.05) is 0 Å². The summed E-state index contributed by atoms with van der Waals surface area (Å²) in [7, 11) is 1.50. The maximum Gasteiger partial charge on any atom is 0.224 e. The standard InChI is InChI=1S/C13H17FN2O2.ClH/c1-18-10-2-3-11(14)12(7-10)16-13(17)6-9-4-5-15-8-9;/h2-3,7,9,15H,4-6,8H2,1H3,(H,16,17);1H. The number of ether oxygens (including phenoxy) is 1. The Hall–Kier alpha value is -1.33. The SMILES string of the molecule is COc1ccc(F)c(NC(=O)CC2CCNC2)c1.Cl. The van der Waals surface area contributed by atoms with Crippen molar-refractivity contribution >= 4 is 24.0 Å². The normalized spacial score (nSPS) is 17.7. The van der Waals surface area contributed by atoms with E-state index in [1.54, 1.807) is 0 Å². The lowest BCUT2D eigenvalue weighted by Gasteiger charge is -2.10. The molecule has 1 aliphatic heterocycles. The van der Waals surface area contributed by atoms with Crippen LogP contribution in [-0.4, -0.2) is 26.1 Å². The van der Waals surface area contributed by atoms with Crippen LogP contribution in [0.15, 0.2) is 18.2 Å². The van der Waals surface area contributed by atoms with Gasteiger partial charge in [-0.3, -0.25) is 4.79 Å². The van der Waals surface area contributed by atoms with Crippen LogP contribution in [0.2, 0.25) is 0 Å². The minimum atomic E-state index is -0.450. The number of carbonyl (C=O) groups excluding carboxylic acids is 1. The smallest absolute Gasteiger partial charge is 0.224 e. The Labute approximate surface area is 118 Å². The van der Waals surface area contributed by atoms with E-state index >= 15 is 0 Å². The van der Waals surface area contributed by atoms with Gasteiger partial charge in [0.2, 0.25) is 5.91 Å². The Morgan fingerprint density at radius 2 is 2.37 bits per heavy atom. The summed E-state index contributed by atoms with van der Waals surface area (Å²) in [6.07, 6.45) is 1.41. The highest BCUT2D eigenvalue weighted by atomic mass is 35.5. The number of nitrogens with one attached hydrogen (secondary N) is 2. The molecule has 106 valence electrons. The topological polar surface area (TPSA) is 50.4 Å². The summed E-state index contributed by atoms with van der Waals surface area (Å²) >= 11 is 0. The molecule has 0 saturated carbocycles. The fourth-order valence-corrected chi connectivity index (χ4v) is 2.08. The van der Waals surface area contributed by atoms with Gasteiger partial charge in [0.15, 0.2) is 0 Å². The number of rotatable bonds is 4. The highest BCUT2D eigenvalue weighted by Gasteiger charge is 2.18. The number of hydrogen-bond donors (Lipinski definition) is 2. The highest BCUT2D eigenvalue weighted by molar-refractivity contribution is 5.91. The zero-order chi connectivity index (χ0) is 13.0. The van der Waals surface area contributed by atoms with Crippen molar-refractivity contribution < 1.29 is 13.9 Å². The second-order valence-electron chi connectivity index (χ2n) is 4.46. The van der Waals surface area contributed by atoms with Crippen LogP contribution in [0.5, 0.6) is 5.75 Å². The van der Waals surface area contributed by atoms with Crippen LogP contribution in [0.4, 0.5) is 10.1 Å². The Kier molecular flexibility index (Phi) is 6.05. The molecule has 2 rings (SSSR count). The van der Waals surface area contributed by atoms with Crippen LogP contribution in [0.25, 0.3) is 0 Å². The molecule has 1 aromatic rings. The van der Waals surface area contributed by atoms with E-state index in [1.165, 1.54) is 25.3 Å². The van der Waals surface area contributed by atoms with Crippen molar-refractivity contribution in [3.05, 3.63) is 24.0 Å². The predicted octanol–water partition coefficient (Wildman–Crippen LogP) is 2.19. The fraction of sp³-hybridized carbons (Fsp3) is 0.462.